The molecule has 96 valence electrons. The number of hydrogen-bond acceptors (Lipinski definition) is 2. The summed E-state index contributed by atoms with van der Waals surface area (Å²) < 4.78 is 1.13. The van der Waals surface area contributed by atoms with Gasteiger partial charge < -0.3 is 10.1 Å². The van der Waals surface area contributed by atoms with E-state index in [1.807, 2.05) is 6.92 Å². The first-order chi connectivity index (χ1) is 8.60. The van der Waals surface area contributed by atoms with E-state index in [2.05, 4.69) is 51.0 Å². The van der Waals surface area contributed by atoms with Crippen molar-refractivity contribution in [3.05, 3.63) is 51.0 Å². The predicted molar refractivity (Wildman–Crippen MR) is 75.8 cm³/mol. The number of rotatable bonds is 4. The number of nitrogens with zero attached hydrogens (tertiary/aromatic N) is 1. The van der Waals surface area contributed by atoms with E-state index in [-0.39, 0.29) is 6.61 Å². The van der Waals surface area contributed by atoms with Gasteiger partial charge in [-0.25, -0.2) is 4.98 Å². The summed E-state index contributed by atoms with van der Waals surface area (Å²) in [6, 6.07) is 6.35. The summed E-state index contributed by atoms with van der Waals surface area (Å²) in [5.74, 6) is 0.860. The summed E-state index contributed by atoms with van der Waals surface area (Å²) >= 11 is 3.50. The number of aromatic amines is 1. The molecule has 0 unspecified atom stereocenters. The van der Waals surface area contributed by atoms with Gasteiger partial charge in [-0.3, -0.25) is 0 Å². The van der Waals surface area contributed by atoms with E-state index in [1.54, 1.807) is 0 Å². The van der Waals surface area contributed by atoms with Crippen molar-refractivity contribution < 1.29 is 5.11 Å². The lowest BCUT2D eigenvalue weighted by atomic mass is 10.1. The number of benzene rings is 1. The minimum absolute atomic E-state index is 0.129. The second kappa shape index (κ2) is 5.67. The van der Waals surface area contributed by atoms with Crippen LogP contribution in [-0.4, -0.2) is 21.7 Å². The number of aliphatic hydroxyl groups is 1. The van der Waals surface area contributed by atoms with E-state index in [0.29, 0.717) is 6.42 Å². The third kappa shape index (κ3) is 3.00. The van der Waals surface area contributed by atoms with Gasteiger partial charge in [-0.15, -0.1) is 0 Å². The Labute approximate surface area is 115 Å². The Morgan fingerprint density at radius 3 is 2.78 bits per heavy atom. The number of aliphatic hydroxyl groups excluding tert-OH is 1. The maximum absolute atomic E-state index is 8.91. The molecule has 2 rings (SSSR count). The molecule has 2 aromatic rings. The van der Waals surface area contributed by atoms with Gasteiger partial charge in [-0.05, 0) is 31.0 Å². The number of halogens is 1. The van der Waals surface area contributed by atoms with Crippen LogP contribution in [0.25, 0.3) is 0 Å². The van der Waals surface area contributed by atoms with E-state index >= 15 is 0 Å². The smallest absolute Gasteiger partial charge is 0.108 e. The van der Waals surface area contributed by atoms with Gasteiger partial charge in [-0.1, -0.05) is 28.1 Å². The van der Waals surface area contributed by atoms with Gasteiger partial charge >= 0.3 is 0 Å². The van der Waals surface area contributed by atoms with Gasteiger partial charge in [0.05, 0.1) is 12.3 Å². The Balaban J connectivity index is 2.20. The van der Waals surface area contributed by atoms with Crippen LogP contribution in [0.4, 0.5) is 0 Å². The molecule has 2 N–H and O–H groups in total. The molecule has 0 saturated heterocycles. The van der Waals surface area contributed by atoms with Crippen LogP contribution in [-0.2, 0) is 12.8 Å². The van der Waals surface area contributed by atoms with Crippen molar-refractivity contribution in [3.8, 4) is 0 Å². The normalized spacial score (nSPS) is 10.9. The van der Waals surface area contributed by atoms with Crippen molar-refractivity contribution >= 4 is 15.9 Å². The lowest BCUT2D eigenvalue weighted by molar-refractivity contribution is 0.297. The molecule has 1 heterocycles. The highest BCUT2D eigenvalue weighted by atomic mass is 79.9. The van der Waals surface area contributed by atoms with Gasteiger partial charge in [0.25, 0.3) is 0 Å². The van der Waals surface area contributed by atoms with Crippen LogP contribution in [0.5, 0.6) is 0 Å². The van der Waals surface area contributed by atoms with Gasteiger partial charge in [-0.2, -0.15) is 0 Å². The summed E-state index contributed by atoms with van der Waals surface area (Å²) in [4.78, 5) is 7.73. The molecule has 4 heteroatoms. The lowest BCUT2D eigenvalue weighted by Crippen LogP contribution is -1.94. The topological polar surface area (TPSA) is 48.9 Å². The Hall–Kier alpha value is -1.13. The molecule has 0 aliphatic carbocycles. The molecule has 0 radical (unpaired) electrons. The zero-order valence-corrected chi connectivity index (χ0v) is 12.2. The molecule has 0 saturated carbocycles. The highest BCUT2D eigenvalue weighted by molar-refractivity contribution is 9.10. The Kier molecular flexibility index (Phi) is 4.19. The number of imidazole rings is 1. The minimum atomic E-state index is 0.129. The number of aryl methyl sites for hydroxylation is 2. The molecule has 3 nitrogen and oxygen atoms in total. The van der Waals surface area contributed by atoms with Crippen molar-refractivity contribution in [2.24, 2.45) is 0 Å². The van der Waals surface area contributed by atoms with Gasteiger partial charge in [0, 0.05) is 23.0 Å². The number of aromatic nitrogens is 2. The fraction of sp³-hybridized carbons (Fsp3) is 0.357. The maximum Gasteiger partial charge on any atom is 0.108 e. The third-order valence-electron chi connectivity index (χ3n) is 2.98. The molecule has 0 atom stereocenters. The van der Waals surface area contributed by atoms with E-state index in [4.69, 9.17) is 5.11 Å². The van der Waals surface area contributed by atoms with Gasteiger partial charge in [0.2, 0.25) is 0 Å². The van der Waals surface area contributed by atoms with Crippen LogP contribution in [0.2, 0.25) is 0 Å². The zero-order valence-electron chi connectivity index (χ0n) is 10.6. The van der Waals surface area contributed by atoms with E-state index < -0.39 is 0 Å². The van der Waals surface area contributed by atoms with E-state index in [1.165, 1.54) is 11.1 Å². The molecule has 0 bridgehead atoms. The van der Waals surface area contributed by atoms with Gasteiger partial charge in [0.1, 0.15) is 5.82 Å². The van der Waals surface area contributed by atoms with Crippen molar-refractivity contribution in [3.63, 3.8) is 0 Å². The van der Waals surface area contributed by atoms with Crippen molar-refractivity contribution in [1.82, 2.24) is 9.97 Å². The first kappa shape index (κ1) is 13.3. The number of nitrogens with one attached hydrogen (secondary N) is 1. The van der Waals surface area contributed by atoms with Crippen LogP contribution >= 0.6 is 15.9 Å². The summed E-state index contributed by atoms with van der Waals surface area (Å²) in [6.45, 7) is 4.24. The lowest BCUT2D eigenvalue weighted by Gasteiger charge is -2.03. The second-order valence-electron chi connectivity index (χ2n) is 4.49. The minimum Gasteiger partial charge on any atom is -0.396 e. The predicted octanol–water partition coefficient (Wildman–Crippen LogP) is 2.91. The molecule has 18 heavy (non-hydrogen) atoms. The highest BCUT2D eigenvalue weighted by Crippen LogP contribution is 2.19. The molecule has 0 fully saturated rings. The van der Waals surface area contributed by atoms with Crippen molar-refractivity contribution in [2.45, 2.75) is 26.7 Å². The van der Waals surface area contributed by atoms with Crippen molar-refractivity contribution in [2.75, 3.05) is 6.61 Å². The van der Waals surface area contributed by atoms with E-state index in [0.717, 1.165) is 28.1 Å². The highest BCUT2D eigenvalue weighted by Gasteiger charge is 2.08. The van der Waals surface area contributed by atoms with Crippen LogP contribution in [0.3, 0.4) is 0 Å². The molecule has 0 spiro atoms. The summed E-state index contributed by atoms with van der Waals surface area (Å²) in [6.07, 6.45) is 1.40. The molecular weight excluding hydrogens is 292 g/mol. The quantitative estimate of drug-likeness (QED) is 0.912. The summed E-state index contributed by atoms with van der Waals surface area (Å²) in [5.41, 5.74) is 4.62. The standard InChI is InChI=1S/C14H17BrN2O/c1-9-7-11(3-4-12(9)15)8-13-10(2)16-14(17-13)5-6-18/h3-4,7,18H,5-6,8H2,1-2H3,(H,16,17). The van der Waals surface area contributed by atoms with Crippen LogP contribution in [0.15, 0.2) is 22.7 Å². The molecular formula is C14H17BrN2O. The van der Waals surface area contributed by atoms with Gasteiger partial charge in [0.15, 0.2) is 0 Å². The average molecular weight is 309 g/mol. The zero-order chi connectivity index (χ0) is 13.1. The summed E-state index contributed by atoms with van der Waals surface area (Å²) in [5, 5.41) is 8.91. The van der Waals surface area contributed by atoms with Crippen LogP contribution in [0.1, 0.15) is 28.3 Å². The Morgan fingerprint density at radius 2 is 2.11 bits per heavy atom. The monoisotopic (exact) mass is 308 g/mol. The second-order valence-corrected chi connectivity index (χ2v) is 5.34. The molecule has 1 aromatic carbocycles. The molecule has 1 aromatic heterocycles. The molecule has 0 aliphatic heterocycles. The first-order valence-electron chi connectivity index (χ1n) is 6.00. The van der Waals surface area contributed by atoms with Crippen LogP contribution < -0.4 is 0 Å². The summed E-state index contributed by atoms with van der Waals surface area (Å²) in [7, 11) is 0. The number of H-pyrrole nitrogens is 1. The average Bonchev–Trinajstić information content (AvgIpc) is 2.65. The molecule has 0 amide bonds. The fourth-order valence-electron chi connectivity index (χ4n) is 1.97. The number of hydrogen-bond donors (Lipinski definition) is 2. The Bertz CT molecular complexity index is 549. The van der Waals surface area contributed by atoms with E-state index in [9.17, 15) is 0 Å². The molecule has 0 aliphatic rings. The maximum atomic E-state index is 8.91. The largest absolute Gasteiger partial charge is 0.396 e. The fourth-order valence-corrected chi connectivity index (χ4v) is 2.22. The SMILES string of the molecule is Cc1cc(Cc2nc(CCO)[nH]c2C)ccc1Br. The van der Waals surface area contributed by atoms with Crippen molar-refractivity contribution in [1.29, 1.82) is 0 Å². The third-order valence-corrected chi connectivity index (χ3v) is 3.87. The van der Waals surface area contributed by atoms with Crippen LogP contribution in [0, 0.1) is 13.8 Å². The Morgan fingerprint density at radius 1 is 1.33 bits per heavy atom. The first-order valence-corrected chi connectivity index (χ1v) is 6.79.